The number of benzene rings is 1. The van der Waals surface area contributed by atoms with E-state index in [0.717, 1.165) is 11.3 Å². The zero-order valence-electron chi connectivity index (χ0n) is 13.0. The first kappa shape index (κ1) is 15.3. The topological polar surface area (TPSA) is 74.7 Å². The molecule has 0 radical (unpaired) electrons. The second-order valence-corrected chi connectivity index (χ2v) is 5.30. The first-order chi connectivity index (χ1) is 11.2. The fourth-order valence-electron chi connectivity index (χ4n) is 2.60. The van der Waals surface area contributed by atoms with Gasteiger partial charge in [-0.2, -0.15) is 0 Å². The van der Waals surface area contributed by atoms with Crippen LogP contribution >= 0.6 is 0 Å². The Hall–Kier alpha value is -2.60. The molecule has 3 rings (SSSR count). The number of nitrogens with one attached hydrogen (secondary N) is 1. The van der Waals surface area contributed by atoms with Crippen molar-refractivity contribution in [2.24, 2.45) is 0 Å². The summed E-state index contributed by atoms with van der Waals surface area (Å²) in [5.74, 6) is 0.669. The van der Waals surface area contributed by atoms with Crippen molar-refractivity contribution in [1.82, 2.24) is 10.3 Å². The molecule has 0 spiro atoms. The lowest BCUT2D eigenvalue weighted by molar-refractivity contribution is 0.0961. The number of morpholine rings is 1. The molecule has 0 unspecified atom stereocenters. The van der Waals surface area contributed by atoms with E-state index in [1.807, 2.05) is 6.07 Å². The minimum Gasteiger partial charge on any atom is -0.508 e. The molecule has 120 valence electrons. The van der Waals surface area contributed by atoms with Crippen LogP contribution in [-0.4, -0.2) is 49.3 Å². The first-order valence-corrected chi connectivity index (χ1v) is 7.54. The van der Waals surface area contributed by atoms with E-state index in [4.69, 9.17) is 4.74 Å². The Labute approximate surface area is 134 Å². The molecule has 1 aromatic carbocycles. The van der Waals surface area contributed by atoms with Crippen molar-refractivity contribution in [2.45, 2.75) is 0 Å². The van der Waals surface area contributed by atoms with Crippen LogP contribution in [-0.2, 0) is 4.74 Å². The van der Waals surface area contributed by atoms with E-state index in [-0.39, 0.29) is 11.7 Å². The van der Waals surface area contributed by atoms with Crippen molar-refractivity contribution in [3.05, 3.63) is 42.0 Å². The molecule has 1 saturated heterocycles. The maximum Gasteiger partial charge on any atom is 0.254 e. The number of rotatable bonds is 3. The number of carbonyl (C=O) groups excluding carboxylic acids is 1. The van der Waals surface area contributed by atoms with Crippen LogP contribution in [0.2, 0.25) is 0 Å². The number of aromatic nitrogens is 1. The number of carbonyl (C=O) groups is 1. The lowest BCUT2D eigenvalue weighted by atomic mass is 10.1. The van der Waals surface area contributed by atoms with Gasteiger partial charge in [-0.3, -0.25) is 4.79 Å². The lowest BCUT2D eigenvalue weighted by Gasteiger charge is -2.29. The Morgan fingerprint density at radius 1 is 1.26 bits per heavy atom. The molecule has 0 atom stereocenters. The fourth-order valence-corrected chi connectivity index (χ4v) is 2.60. The second kappa shape index (κ2) is 6.66. The van der Waals surface area contributed by atoms with Gasteiger partial charge < -0.3 is 20.1 Å². The number of aromatic hydroxyl groups is 1. The van der Waals surface area contributed by atoms with E-state index in [1.165, 1.54) is 0 Å². The Kier molecular flexibility index (Phi) is 4.43. The number of hydrogen-bond donors (Lipinski definition) is 2. The molecule has 0 saturated carbocycles. The van der Waals surface area contributed by atoms with E-state index in [9.17, 15) is 9.90 Å². The minimum atomic E-state index is -0.165. The smallest absolute Gasteiger partial charge is 0.254 e. The molecule has 1 aromatic heterocycles. The van der Waals surface area contributed by atoms with E-state index >= 15 is 0 Å². The van der Waals surface area contributed by atoms with Crippen LogP contribution in [0.1, 0.15) is 10.4 Å². The summed E-state index contributed by atoms with van der Waals surface area (Å²) < 4.78 is 5.38. The molecule has 6 nitrogen and oxygen atoms in total. The maximum absolute atomic E-state index is 12.1. The average molecular weight is 313 g/mol. The monoisotopic (exact) mass is 313 g/mol. The summed E-state index contributed by atoms with van der Waals surface area (Å²) in [7, 11) is 1.61. The average Bonchev–Trinajstić information content (AvgIpc) is 2.61. The molecule has 1 aliphatic heterocycles. The molecular weight excluding hydrogens is 294 g/mol. The third kappa shape index (κ3) is 3.27. The summed E-state index contributed by atoms with van der Waals surface area (Å²) in [6.07, 6.45) is 0. The summed E-state index contributed by atoms with van der Waals surface area (Å²) in [4.78, 5) is 18.9. The molecular formula is C17H19N3O3. The Morgan fingerprint density at radius 2 is 2.04 bits per heavy atom. The highest BCUT2D eigenvalue weighted by Gasteiger charge is 2.20. The maximum atomic E-state index is 12.1. The number of ether oxygens (including phenoxy) is 1. The molecule has 1 amide bonds. The summed E-state index contributed by atoms with van der Waals surface area (Å²) in [5, 5.41) is 12.3. The van der Waals surface area contributed by atoms with Crippen LogP contribution in [0, 0.1) is 0 Å². The minimum absolute atomic E-state index is 0.165. The third-order valence-electron chi connectivity index (χ3n) is 3.80. The van der Waals surface area contributed by atoms with Crippen molar-refractivity contribution >= 4 is 11.7 Å². The van der Waals surface area contributed by atoms with Crippen LogP contribution in [0.25, 0.3) is 11.3 Å². The third-order valence-corrected chi connectivity index (χ3v) is 3.80. The molecule has 1 fully saturated rings. The number of phenolic OH excluding ortho intramolecular Hbond substituents is 1. The summed E-state index contributed by atoms with van der Waals surface area (Å²) in [5.41, 5.74) is 2.07. The van der Waals surface area contributed by atoms with Gasteiger partial charge >= 0.3 is 0 Å². The quantitative estimate of drug-likeness (QED) is 0.901. The van der Waals surface area contributed by atoms with Gasteiger partial charge in [-0.05, 0) is 24.3 Å². The number of pyridine rings is 1. The largest absolute Gasteiger partial charge is 0.508 e. The van der Waals surface area contributed by atoms with Crippen molar-refractivity contribution < 1.29 is 14.6 Å². The molecule has 1 aliphatic rings. The zero-order valence-corrected chi connectivity index (χ0v) is 13.0. The van der Waals surface area contributed by atoms with Gasteiger partial charge in [-0.25, -0.2) is 4.98 Å². The second-order valence-electron chi connectivity index (χ2n) is 5.30. The van der Waals surface area contributed by atoms with Crippen LogP contribution in [0.4, 0.5) is 5.82 Å². The number of amides is 1. The molecule has 0 bridgehead atoms. The summed E-state index contributed by atoms with van der Waals surface area (Å²) >= 11 is 0. The van der Waals surface area contributed by atoms with Gasteiger partial charge in [-0.1, -0.05) is 12.1 Å². The highest BCUT2D eigenvalue weighted by molar-refractivity contribution is 5.99. The van der Waals surface area contributed by atoms with Gasteiger partial charge in [0.05, 0.1) is 24.5 Å². The lowest BCUT2D eigenvalue weighted by Crippen LogP contribution is -2.38. The Bertz CT molecular complexity index is 712. The molecule has 2 N–H and O–H groups in total. The zero-order chi connectivity index (χ0) is 16.2. The van der Waals surface area contributed by atoms with E-state index in [1.54, 1.807) is 37.4 Å². The van der Waals surface area contributed by atoms with Crippen molar-refractivity contribution in [2.75, 3.05) is 38.3 Å². The predicted molar refractivity (Wildman–Crippen MR) is 87.8 cm³/mol. The van der Waals surface area contributed by atoms with Crippen molar-refractivity contribution in [1.29, 1.82) is 0 Å². The van der Waals surface area contributed by atoms with Gasteiger partial charge in [0.2, 0.25) is 0 Å². The Morgan fingerprint density at radius 3 is 2.74 bits per heavy atom. The standard InChI is InChI=1S/C17H19N3O3/c1-18-17(22)14-5-6-15(12-3-2-4-13(21)11-12)19-16(14)20-7-9-23-10-8-20/h2-6,11,21H,7-10H2,1H3,(H,18,22). The van der Waals surface area contributed by atoms with Crippen LogP contribution < -0.4 is 10.2 Å². The molecule has 2 aromatic rings. The molecule has 6 heteroatoms. The van der Waals surface area contributed by atoms with Gasteiger partial charge in [0.1, 0.15) is 11.6 Å². The van der Waals surface area contributed by atoms with E-state index < -0.39 is 0 Å². The highest BCUT2D eigenvalue weighted by atomic mass is 16.5. The molecule has 23 heavy (non-hydrogen) atoms. The fraction of sp³-hybridized carbons (Fsp3) is 0.294. The van der Waals surface area contributed by atoms with Gasteiger partial charge in [0.15, 0.2) is 0 Å². The van der Waals surface area contributed by atoms with Crippen LogP contribution in [0.3, 0.4) is 0 Å². The normalized spacial score (nSPS) is 14.6. The van der Waals surface area contributed by atoms with Crippen LogP contribution in [0.5, 0.6) is 5.75 Å². The number of hydrogen-bond acceptors (Lipinski definition) is 5. The van der Waals surface area contributed by atoms with Crippen LogP contribution in [0.15, 0.2) is 36.4 Å². The van der Waals surface area contributed by atoms with Gasteiger partial charge in [0.25, 0.3) is 5.91 Å². The first-order valence-electron chi connectivity index (χ1n) is 7.54. The van der Waals surface area contributed by atoms with Crippen molar-refractivity contribution in [3.63, 3.8) is 0 Å². The molecule has 0 aliphatic carbocycles. The predicted octanol–water partition coefficient (Wildman–Crippen LogP) is 1.65. The highest BCUT2D eigenvalue weighted by Crippen LogP contribution is 2.27. The molecule has 2 heterocycles. The summed E-state index contributed by atoms with van der Waals surface area (Å²) in [6, 6.07) is 10.5. The van der Waals surface area contributed by atoms with Gasteiger partial charge in [0, 0.05) is 25.7 Å². The van der Waals surface area contributed by atoms with E-state index in [2.05, 4.69) is 15.2 Å². The Balaban J connectivity index is 2.05. The van der Waals surface area contributed by atoms with Crippen molar-refractivity contribution in [3.8, 4) is 17.0 Å². The van der Waals surface area contributed by atoms with E-state index in [0.29, 0.717) is 37.7 Å². The number of phenols is 1. The number of nitrogens with zero attached hydrogens (tertiary/aromatic N) is 2. The SMILES string of the molecule is CNC(=O)c1ccc(-c2cccc(O)c2)nc1N1CCOCC1. The number of anilines is 1. The summed E-state index contributed by atoms with van der Waals surface area (Å²) in [6.45, 7) is 2.62. The van der Waals surface area contributed by atoms with Gasteiger partial charge in [-0.15, -0.1) is 0 Å².